The van der Waals surface area contributed by atoms with Gasteiger partial charge in [-0.1, -0.05) is 0 Å². The first-order valence-corrected chi connectivity index (χ1v) is 6.94. The van der Waals surface area contributed by atoms with E-state index < -0.39 is 0 Å². The Kier molecular flexibility index (Phi) is 5.17. The van der Waals surface area contributed by atoms with Gasteiger partial charge in [0.15, 0.2) is 5.76 Å². The van der Waals surface area contributed by atoms with Crippen LogP contribution in [-0.4, -0.2) is 47.6 Å². The van der Waals surface area contributed by atoms with E-state index in [1.54, 1.807) is 17.0 Å². The standard InChI is InChI=1S/C14H20N2O4/c17-10-11-4-2-8-16(11)13(18)6-1-7-15-14(19)12-5-3-9-20-12/h3,5,9,11,17H,1-2,4,6-8,10H2,(H,15,19). The van der Waals surface area contributed by atoms with Crippen molar-refractivity contribution in [3.8, 4) is 0 Å². The van der Waals surface area contributed by atoms with Crippen molar-refractivity contribution < 1.29 is 19.1 Å². The number of nitrogens with zero attached hydrogens (tertiary/aromatic N) is 1. The first-order chi connectivity index (χ1) is 9.72. The van der Waals surface area contributed by atoms with E-state index in [-0.39, 0.29) is 30.2 Å². The molecule has 1 aromatic heterocycles. The first kappa shape index (κ1) is 14.6. The summed E-state index contributed by atoms with van der Waals surface area (Å²) in [4.78, 5) is 25.3. The number of amides is 2. The molecule has 1 unspecified atom stereocenters. The Morgan fingerprint density at radius 2 is 2.35 bits per heavy atom. The van der Waals surface area contributed by atoms with Crippen LogP contribution in [0.25, 0.3) is 0 Å². The van der Waals surface area contributed by atoms with Gasteiger partial charge >= 0.3 is 0 Å². The largest absolute Gasteiger partial charge is 0.459 e. The van der Waals surface area contributed by atoms with E-state index in [1.807, 2.05) is 0 Å². The van der Waals surface area contributed by atoms with E-state index in [1.165, 1.54) is 6.26 Å². The van der Waals surface area contributed by atoms with Crippen LogP contribution in [0.2, 0.25) is 0 Å². The topological polar surface area (TPSA) is 82.8 Å². The lowest BCUT2D eigenvalue weighted by Gasteiger charge is -2.22. The van der Waals surface area contributed by atoms with Gasteiger partial charge in [-0.3, -0.25) is 9.59 Å². The fourth-order valence-corrected chi connectivity index (χ4v) is 2.43. The molecule has 0 aromatic carbocycles. The normalized spacial score (nSPS) is 18.2. The maximum atomic E-state index is 12.0. The quantitative estimate of drug-likeness (QED) is 0.754. The predicted molar refractivity (Wildman–Crippen MR) is 72.1 cm³/mol. The average Bonchev–Trinajstić information content (AvgIpc) is 3.12. The Labute approximate surface area is 117 Å². The van der Waals surface area contributed by atoms with Crippen LogP contribution in [0.5, 0.6) is 0 Å². The third-order valence-corrected chi connectivity index (χ3v) is 3.51. The van der Waals surface area contributed by atoms with Crippen LogP contribution in [0.1, 0.15) is 36.2 Å². The van der Waals surface area contributed by atoms with Crippen molar-refractivity contribution in [2.45, 2.75) is 31.7 Å². The molecular formula is C14H20N2O4. The minimum Gasteiger partial charge on any atom is -0.459 e. The molecule has 0 aliphatic carbocycles. The number of likely N-dealkylation sites (tertiary alicyclic amines) is 1. The van der Waals surface area contributed by atoms with Crippen molar-refractivity contribution in [1.82, 2.24) is 10.2 Å². The van der Waals surface area contributed by atoms with Gasteiger partial charge in [-0.25, -0.2) is 0 Å². The summed E-state index contributed by atoms with van der Waals surface area (Å²) in [5.74, 6) is 0.0573. The molecule has 2 amide bonds. The Bertz CT molecular complexity index is 444. The molecule has 2 heterocycles. The highest BCUT2D eigenvalue weighted by molar-refractivity contribution is 5.91. The lowest BCUT2D eigenvalue weighted by molar-refractivity contribution is -0.132. The van der Waals surface area contributed by atoms with Crippen molar-refractivity contribution in [3.63, 3.8) is 0 Å². The minimum absolute atomic E-state index is 0.0276. The molecule has 0 spiro atoms. The monoisotopic (exact) mass is 280 g/mol. The van der Waals surface area contributed by atoms with Crippen LogP contribution in [0, 0.1) is 0 Å². The van der Waals surface area contributed by atoms with Crippen LogP contribution in [0.4, 0.5) is 0 Å². The molecule has 0 radical (unpaired) electrons. The summed E-state index contributed by atoms with van der Waals surface area (Å²) < 4.78 is 4.97. The maximum Gasteiger partial charge on any atom is 0.286 e. The average molecular weight is 280 g/mol. The zero-order chi connectivity index (χ0) is 14.4. The summed E-state index contributed by atoms with van der Waals surface area (Å²) in [5, 5.41) is 11.9. The molecule has 1 saturated heterocycles. The smallest absolute Gasteiger partial charge is 0.286 e. The van der Waals surface area contributed by atoms with E-state index in [2.05, 4.69) is 5.32 Å². The molecule has 110 valence electrons. The number of hydrogen-bond acceptors (Lipinski definition) is 4. The Morgan fingerprint density at radius 3 is 3.05 bits per heavy atom. The van der Waals surface area contributed by atoms with Crippen LogP contribution in [0.15, 0.2) is 22.8 Å². The predicted octanol–water partition coefficient (Wildman–Crippen LogP) is 0.773. The molecule has 6 heteroatoms. The zero-order valence-electron chi connectivity index (χ0n) is 11.4. The third-order valence-electron chi connectivity index (χ3n) is 3.51. The minimum atomic E-state index is -0.267. The van der Waals surface area contributed by atoms with Crippen molar-refractivity contribution in [3.05, 3.63) is 24.2 Å². The van der Waals surface area contributed by atoms with E-state index >= 15 is 0 Å². The Hall–Kier alpha value is -1.82. The fourth-order valence-electron chi connectivity index (χ4n) is 2.43. The number of rotatable bonds is 6. The number of nitrogens with one attached hydrogen (secondary N) is 1. The highest BCUT2D eigenvalue weighted by Crippen LogP contribution is 2.17. The highest BCUT2D eigenvalue weighted by atomic mass is 16.3. The van der Waals surface area contributed by atoms with Gasteiger partial charge in [-0.15, -0.1) is 0 Å². The van der Waals surface area contributed by atoms with Crippen LogP contribution < -0.4 is 5.32 Å². The van der Waals surface area contributed by atoms with Gasteiger partial charge < -0.3 is 19.7 Å². The van der Waals surface area contributed by atoms with Gasteiger partial charge in [0.1, 0.15) is 0 Å². The van der Waals surface area contributed by atoms with Gasteiger partial charge in [0.05, 0.1) is 18.9 Å². The molecule has 1 atom stereocenters. The number of aliphatic hydroxyl groups excluding tert-OH is 1. The van der Waals surface area contributed by atoms with Gasteiger partial charge in [-0.2, -0.15) is 0 Å². The molecule has 1 aliphatic rings. The Balaban J connectivity index is 1.66. The van der Waals surface area contributed by atoms with Gasteiger partial charge in [-0.05, 0) is 31.4 Å². The fraction of sp³-hybridized carbons (Fsp3) is 0.571. The second-order valence-corrected chi connectivity index (χ2v) is 4.90. The number of hydrogen-bond donors (Lipinski definition) is 2. The number of carbonyl (C=O) groups is 2. The summed E-state index contributed by atoms with van der Waals surface area (Å²) in [6.45, 7) is 1.19. The summed E-state index contributed by atoms with van der Waals surface area (Å²) >= 11 is 0. The van der Waals surface area contributed by atoms with Gasteiger partial charge in [0.25, 0.3) is 5.91 Å². The Morgan fingerprint density at radius 1 is 1.50 bits per heavy atom. The maximum absolute atomic E-state index is 12.0. The van der Waals surface area contributed by atoms with Crippen LogP contribution in [0.3, 0.4) is 0 Å². The number of carbonyl (C=O) groups excluding carboxylic acids is 2. The lowest BCUT2D eigenvalue weighted by atomic mass is 10.2. The van der Waals surface area contributed by atoms with Crippen LogP contribution >= 0.6 is 0 Å². The molecular weight excluding hydrogens is 260 g/mol. The SMILES string of the molecule is O=C(NCCCC(=O)N1CCCC1CO)c1ccco1. The van der Waals surface area contributed by atoms with E-state index in [0.717, 1.165) is 19.4 Å². The summed E-state index contributed by atoms with van der Waals surface area (Å²) in [7, 11) is 0. The molecule has 2 N–H and O–H groups in total. The summed E-state index contributed by atoms with van der Waals surface area (Å²) in [5.41, 5.74) is 0. The highest BCUT2D eigenvalue weighted by Gasteiger charge is 2.27. The van der Waals surface area contributed by atoms with Crippen molar-refractivity contribution in [2.24, 2.45) is 0 Å². The van der Waals surface area contributed by atoms with Crippen molar-refractivity contribution in [1.29, 1.82) is 0 Å². The number of aliphatic hydroxyl groups is 1. The zero-order valence-corrected chi connectivity index (χ0v) is 11.4. The van der Waals surface area contributed by atoms with Crippen molar-refractivity contribution in [2.75, 3.05) is 19.7 Å². The molecule has 6 nitrogen and oxygen atoms in total. The molecule has 1 aliphatic heterocycles. The molecule has 2 rings (SSSR count). The molecule has 20 heavy (non-hydrogen) atoms. The third kappa shape index (κ3) is 3.60. The second kappa shape index (κ2) is 7.09. The van der Waals surface area contributed by atoms with E-state index in [0.29, 0.717) is 19.4 Å². The van der Waals surface area contributed by atoms with Gasteiger partial charge in [0, 0.05) is 19.5 Å². The van der Waals surface area contributed by atoms with Crippen molar-refractivity contribution >= 4 is 11.8 Å². The van der Waals surface area contributed by atoms with Gasteiger partial charge in [0.2, 0.25) is 5.91 Å². The van der Waals surface area contributed by atoms with E-state index in [4.69, 9.17) is 4.42 Å². The lowest BCUT2D eigenvalue weighted by Crippen LogP contribution is -2.37. The molecule has 1 aromatic rings. The summed E-state index contributed by atoms with van der Waals surface area (Å²) in [6, 6.07) is 3.22. The van der Waals surface area contributed by atoms with Crippen LogP contribution in [-0.2, 0) is 4.79 Å². The first-order valence-electron chi connectivity index (χ1n) is 6.94. The number of furan rings is 1. The molecule has 0 bridgehead atoms. The second-order valence-electron chi connectivity index (χ2n) is 4.90. The summed E-state index contributed by atoms with van der Waals surface area (Å²) in [6.07, 6.45) is 4.24. The molecule has 0 saturated carbocycles. The molecule has 1 fully saturated rings. The van der Waals surface area contributed by atoms with E-state index in [9.17, 15) is 14.7 Å².